The number of hydrogen-bond donors (Lipinski definition) is 0. The van der Waals surface area contributed by atoms with Gasteiger partial charge >= 0.3 is 6.18 Å². The van der Waals surface area contributed by atoms with Crippen LogP contribution in [0.25, 0.3) is 0 Å². The number of fused-ring (bicyclic) bond motifs is 3. The van der Waals surface area contributed by atoms with Crippen LogP contribution in [0.15, 0.2) is 12.4 Å². The first-order valence-corrected chi connectivity index (χ1v) is 10.2. The summed E-state index contributed by atoms with van der Waals surface area (Å²) in [6.45, 7) is 4.42. The van der Waals surface area contributed by atoms with Gasteiger partial charge in [-0.2, -0.15) is 13.2 Å². The van der Waals surface area contributed by atoms with Gasteiger partial charge in [-0.3, -0.25) is 9.78 Å². The molecule has 1 aliphatic carbocycles. The van der Waals surface area contributed by atoms with Crippen molar-refractivity contribution in [3.63, 3.8) is 0 Å². The fourth-order valence-electron chi connectivity index (χ4n) is 4.78. The van der Waals surface area contributed by atoms with E-state index >= 15 is 0 Å². The van der Waals surface area contributed by atoms with Crippen LogP contribution in [0.2, 0.25) is 0 Å². The number of pyridine rings is 1. The van der Waals surface area contributed by atoms with Crippen molar-refractivity contribution in [3.05, 3.63) is 46.0 Å². The summed E-state index contributed by atoms with van der Waals surface area (Å²) in [5, 5.41) is 0. The van der Waals surface area contributed by atoms with Gasteiger partial charge < -0.3 is 9.80 Å². The minimum absolute atomic E-state index is 0.107. The molecule has 1 amide bonds. The van der Waals surface area contributed by atoms with Gasteiger partial charge in [-0.05, 0) is 42.9 Å². The van der Waals surface area contributed by atoms with Crippen molar-refractivity contribution in [2.75, 3.05) is 18.0 Å². The molecule has 0 bridgehead atoms. The van der Waals surface area contributed by atoms with Crippen molar-refractivity contribution in [2.24, 2.45) is 5.92 Å². The lowest BCUT2D eigenvalue weighted by Gasteiger charge is -2.39. The lowest BCUT2D eigenvalue weighted by atomic mass is 9.96. The Morgan fingerprint density at radius 1 is 1.10 bits per heavy atom. The standard InChI is InChI=1S/C21H22F3N5O/c1-12-15-3-2-4-16(15)17-10-28(11-18(17)27-12)19(30)5-13-8-29(9-13)20-25-6-14(7-26-20)21(22,23)24/h6-7,13H,2-5,8-11H2,1H3. The smallest absolute Gasteiger partial charge is 0.340 e. The van der Waals surface area contributed by atoms with Crippen molar-refractivity contribution < 1.29 is 18.0 Å². The topological polar surface area (TPSA) is 62.2 Å². The quantitative estimate of drug-likeness (QED) is 0.768. The Bertz CT molecular complexity index is 999. The number of rotatable bonds is 3. The normalized spacial score (nSPS) is 18.4. The molecule has 9 heteroatoms. The Morgan fingerprint density at radius 3 is 2.50 bits per heavy atom. The van der Waals surface area contributed by atoms with E-state index in [9.17, 15) is 18.0 Å². The molecule has 1 fully saturated rings. The SMILES string of the molecule is Cc1nc2c(c3c1CCC3)CN(C(=O)CC1CN(c3ncc(C(F)(F)F)cn3)C1)C2. The van der Waals surface area contributed by atoms with Crippen molar-refractivity contribution in [1.82, 2.24) is 19.9 Å². The molecular formula is C21H22F3N5O. The van der Waals surface area contributed by atoms with E-state index in [1.807, 2.05) is 4.90 Å². The molecule has 2 aromatic heterocycles. The molecule has 5 rings (SSSR count). The van der Waals surface area contributed by atoms with Gasteiger partial charge in [0, 0.05) is 50.1 Å². The summed E-state index contributed by atoms with van der Waals surface area (Å²) in [6, 6.07) is 0. The Kier molecular flexibility index (Phi) is 4.44. The second-order valence-electron chi connectivity index (χ2n) is 8.43. The fourth-order valence-corrected chi connectivity index (χ4v) is 4.78. The minimum Gasteiger partial charge on any atom is -0.340 e. The van der Waals surface area contributed by atoms with E-state index in [4.69, 9.17) is 4.98 Å². The zero-order valence-electron chi connectivity index (χ0n) is 16.7. The first-order valence-electron chi connectivity index (χ1n) is 10.2. The number of aromatic nitrogens is 3. The molecular weight excluding hydrogens is 395 g/mol. The molecule has 0 N–H and O–H groups in total. The lowest BCUT2D eigenvalue weighted by Crippen LogP contribution is -2.49. The predicted molar refractivity (Wildman–Crippen MR) is 103 cm³/mol. The van der Waals surface area contributed by atoms with Crippen molar-refractivity contribution >= 4 is 11.9 Å². The number of hydrogen-bond acceptors (Lipinski definition) is 5. The Balaban J connectivity index is 1.17. The summed E-state index contributed by atoms with van der Waals surface area (Å²) in [6.07, 6.45) is 0.903. The number of anilines is 1. The fraction of sp³-hybridized carbons (Fsp3) is 0.524. The van der Waals surface area contributed by atoms with E-state index in [2.05, 4.69) is 16.9 Å². The second kappa shape index (κ2) is 6.92. The summed E-state index contributed by atoms with van der Waals surface area (Å²) >= 11 is 0. The average Bonchev–Trinajstić information content (AvgIpc) is 3.30. The number of alkyl halides is 3. The third-order valence-electron chi connectivity index (χ3n) is 6.38. The van der Waals surface area contributed by atoms with E-state index < -0.39 is 11.7 Å². The first kappa shape index (κ1) is 19.3. The van der Waals surface area contributed by atoms with Crippen LogP contribution in [-0.2, 0) is 36.9 Å². The highest BCUT2D eigenvalue weighted by atomic mass is 19.4. The van der Waals surface area contributed by atoms with Crippen LogP contribution in [0.3, 0.4) is 0 Å². The van der Waals surface area contributed by atoms with Crippen LogP contribution in [-0.4, -0.2) is 38.8 Å². The maximum absolute atomic E-state index is 12.8. The average molecular weight is 417 g/mol. The molecule has 0 radical (unpaired) electrons. The summed E-state index contributed by atoms with van der Waals surface area (Å²) in [7, 11) is 0. The van der Waals surface area contributed by atoms with Gasteiger partial charge in [0.2, 0.25) is 11.9 Å². The number of halogens is 3. The molecule has 0 unspecified atom stereocenters. The molecule has 2 aliphatic heterocycles. The second-order valence-corrected chi connectivity index (χ2v) is 8.43. The van der Waals surface area contributed by atoms with Gasteiger partial charge in [0.1, 0.15) is 0 Å². The third-order valence-corrected chi connectivity index (χ3v) is 6.38. The zero-order valence-corrected chi connectivity index (χ0v) is 16.7. The van der Waals surface area contributed by atoms with Gasteiger partial charge in [-0.15, -0.1) is 0 Å². The first-order chi connectivity index (χ1) is 14.3. The number of nitrogens with zero attached hydrogens (tertiary/aromatic N) is 5. The molecule has 2 aromatic rings. The predicted octanol–water partition coefficient (Wildman–Crippen LogP) is 3.06. The van der Waals surface area contributed by atoms with Crippen molar-refractivity contribution in [1.29, 1.82) is 0 Å². The van der Waals surface area contributed by atoms with Gasteiger partial charge in [0.05, 0.1) is 17.8 Å². The largest absolute Gasteiger partial charge is 0.419 e. The maximum atomic E-state index is 12.8. The van der Waals surface area contributed by atoms with E-state index in [0.717, 1.165) is 43.0 Å². The number of carbonyl (C=O) groups excluding carboxylic acids is 1. The summed E-state index contributed by atoms with van der Waals surface area (Å²) < 4.78 is 37.9. The zero-order chi connectivity index (χ0) is 21.0. The number of carbonyl (C=O) groups is 1. The van der Waals surface area contributed by atoms with Crippen LogP contribution in [0.5, 0.6) is 0 Å². The molecule has 30 heavy (non-hydrogen) atoms. The van der Waals surface area contributed by atoms with Gasteiger partial charge in [-0.1, -0.05) is 0 Å². The molecule has 0 saturated carbocycles. The summed E-state index contributed by atoms with van der Waals surface area (Å²) in [5.74, 6) is 0.540. The van der Waals surface area contributed by atoms with Crippen LogP contribution in [0, 0.1) is 12.8 Å². The molecule has 4 heterocycles. The van der Waals surface area contributed by atoms with Gasteiger partial charge in [-0.25, -0.2) is 9.97 Å². The third kappa shape index (κ3) is 3.30. The van der Waals surface area contributed by atoms with E-state index in [1.165, 1.54) is 16.7 Å². The molecule has 3 aliphatic rings. The van der Waals surface area contributed by atoms with Crippen LogP contribution in [0.4, 0.5) is 19.1 Å². The molecule has 6 nitrogen and oxygen atoms in total. The number of amides is 1. The Labute approximate surface area is 172 Å². The van der Waals surface area contributed by atoms with E-state index in [0.29, 0.717) is 32.6 Å². The highest BCUT2D eigenvalue weighted by Crippen LogP contribution is 2.35. The van der Waals surface area contributed by atoms with Gasteiger partial charge in [0.25, 0.3) is 0 Å². The monoisotopic (exact) mass is 417 g/mol. The highest BCUT2D eigenvalue weighted by Gasteiger charge is 2.36. The van der Waals surface area contributed by atoms with Crippen LogP contribution in [0.1, 0.15) is 46.5 Å². The van der Waals surface area contributed by atoms with E-state index in [1.54, 1.807) is 4.90 Å². The van der Waals surface area contributed by atoms with Gasteiger partial charge in [0.15, 0.2) is 0 Å². The molecule has 0 atom stereocenters. The lowest BCUT2D eigenvalue weighted by molar-refractivity contribution is -0.138. The summed E-state index contributed by atoms with van der Waals surface area (Å²) in [5.41, 5.74) is 5.30. The van der Waals surface area contributed by atoms with Crippen LogP contribution >= 0.6 is 0 Å². The molecule has 0 spiro atoms. The molecule has 0 aromatic carbocycles. The molecule has 1 saturated heterocycles. The minimum atomic E-state index is -4.44. The van der Waals surface area contributed by atoms with Crippen molar-refractivity contribution in [3.8, 4) is 0 Å². The highest BCUT2D eigenvalue weighted by molar-refractivity contribution is 5.77. The van der Waals surface area contributed by atoms with Crippen molar-refractivity contribution in [2.45, 2.75) is 51.9 Å². The maximum Gasteiger partial charge on any atom is 0.419 e. The Morgan fingerprint density at radius 2 is 1.80 bits per heavy atom. The molecule has 158 valence electrons. The van der Waals surface area contributed by atoms with E-state index in [-0.39, 0.29) is 17.8 Å². The summed E-state index contributed by atoms with van der Waals surface area (Å²) in [4.78, 5) is 28.9. The Hall–Kier alpha value is -2.71. The van der Waals surface area contributed by atoms with Crippen LogP contribution < -0.4 is 4.90 Å². The number of aryl methyl sites for hydroxylation is 1.